The van der Waals surface area contributed by atoms with E-state index in [1.165, 1.54) is 18.6 Å². The Kier molecular flexibility index (Phi) is 6.63. The Morgan fingerprint density at radius 2 is 1.92 bits per heavy atom. The Balaban J connectivity index is 2.07. The van der Waals surface area contributed by atoms with Gasteiger partial charge in [0.2, 0.25) is 0 Å². The maximum atomic E-state index is 14.1. The van der Waals surface area contributed by atoms with Crippen LogP contribution in [-0.4, -0.2) is 36.9 Å². The van der Waals surface area contributed by atoms with E-state index in [0.29, 0.717) is 5.92 Å². The Hall–Kier alpha value is -1.67. The lowest BCUT2D eigenvalue weighted by Gasteiger charge is -2.37. The number of rotatable bonds is 7. The molecule has 1 fully saturated rings. The van der Waals surface area contributed by atoms with Crippen molar-refractivity contribution in [2.45, 2.75) is 51.6 Å². The zero-order valence-corrected chi connectivity index (χ0v) is 15.9. The van der Waals surface area contributed by atoms with Gasteiger partial charge >= 0.3 is 5.97 Å². The lowest BCUT2D eigenvalue weighted by atomic mass is 9.79. The summed E-state index contributed by atoms with van der Waals surface area (Å²) in [5, 5.41) is 0. The van der Waals surface area contributed by atoms with Crippen LogP contribution in [0, 0.1) is 11.7 Å². The maximum Gasteiger partial charge on any atom is 0.338 e. The molecule has 1 aliphatic rings. The molecule has 0 aliphatic heterocycles. The van der Waals surface area contributed by atoms with E-state index in [1.54, 1.807) is 0 Å². The fraction of sp³-hybridized carbons (Fsp3) is 0.611. The third-order valence-electron chi connectivity index (χ3n) is 4.70. The smallest absolute Gasteiger partial charge is 0.338 e. The molecule has 0 saturated heterocycles. The minimum absolute atomic E-state index is 0.0372. The van der Waals surface area contributed by atoms with Crippen LogP contribution in [0.3, 0.4) is 0 Å². The van der Waals surface area contributed by atoms with E-state index >= 15 is 0 Å². The summed E-state index contributed by atoms with van der Waals surface area (Å²) in [6.07, 6.45) is 5.49. The average Bonchev–Trinajstić information content (AvgIpc) is 2.56. The molecule has 1 aromatic rings. The molecule has 0 bridgehead atoms. The van der Waals surface area contributed by atoms with E-state index in [4.69, 9.17) is 14.0 Å². The van der Waals surface area contributed by atoms with Gasteiger partial charge in [0.1, 0.15) is 18.0 Å². The summed E-state index contributed by atoms with van der Waals surface area (Å²) in [5.41, 5.74) is -0.523. The van der Waals surface area contributed by atoms with Crippen LogP contribution < -0.4 is 4.74 Å². The highest BCUT2D eigenvalue weighted by molar-refractivity contribution is 7.85. The van der Waals surface area contributed by atoms with Crippen LogP contribution in [0.2, 0.25) is 0 Å². The molecule has 0 amide bonds. The fourth-order valence-corrected chi connectivity index (χ4v) is 3.49. The minimum atomic E-state index is -4.22. The number of hydrogen-bond donors (Lipinski definition) is 1. The highest BCUT2D eigenvalue weighted by Gasteiger charge is 2.33. The summed E-state index contributed by atoms with van der Waals surface area (Å²) in [6.45, 7) is 3.35. The lowest BCUT2D eigenvalue weighted by Crippen LogP contribution is -2.39. The molecule has 0 spiro atoms. The van der Waals surface area contributed by atoms with Crippen molar-refractivity contribution in [3.8, 4) is 5.75 Å². The van der Waals surface area contributed by atoms with Crippen molar-refractivity contribution >= 4 is 16.1 Å². The van der Waals surface area contributed by atoms with Gasteiger partial charge in [-0.05, 0) is 50.8 Å². The van der Waals surface area contributed by atoms with Gasteiger partial charge < -0.3 is 9.47 Å². The first-order valence-electron chi connectivity index (χ1n) is 8.69. The van der Waals surface area contributed by atoms with Gasteiger partial charge in [0.05, 0.1) is 5.56 Å². The van der Waals surface area contributed by atoms with Crippen LogP contribution in [0.25, 0.3) is 0 Å². The predicted octanol–water partition coefficient (Wildman–Crippen LogP) is 3.61. The van der Waals surface area contributed by atoms with Crippen molar-refractivity contribution in [3.05, 3.63) is 29.6 Å². The molecule has 2 rings (SSSR count). The van der Waals surface area contributed by atoms with Crippen LogP contribution in [0.15, 0.2) is 18.2 Å². The molecule has 26 heavy (non-hydrogen) atoms. The monoisotopic (exact) mass is 388 g/mol. The number of benzene rings is 1. The fourth-order valence-electron chi connectivity index (χ4n) is 3.20. The van der Waals surface area contributed by atoms with E-state index < -0.39 is 39.9 Å². The second kappa shape index (κ2) is 8.35. The molecule has 1 N–H and O–H groups in total. The second-order valence-electron chi connectivity index (χ2n) is 7.11. The van der Waals surface area contributed by atoms with Gasteiger partial charge in [-0.15, -0.1) is 0 Å². The van der Waals surface area contributed by atoms with Crippen LogP contribution in [0.5, 0.6) is 5.75 Å². The van der Waals surface area contributed by atoms with Crippen molar-refractivity contribution < 1.29 is 31.6 Å². The lowest BCUT2D eigenvalue weighted by molar-refractivity contribution is 0.0216. The molecule has 0 heterocycles. The van der Waals surface area contributed by atoms with Crippen molar-refractivity contribution in [1.82, 2.24) is 0 Å². The number of halogens is 1. The molecule has 6 nitrogen and oxygen atoms in total. The van der Waals surface area contributed by atoms with Crippen molar-refractivity contribution in [1.29, 1.82) is 0 Å². The van der Waals surface area contributed by atoms with E-state index in [1.807, 2.05) is 13.8 Å². The minimum Gasteiger partial charge on any atom is -0.484 e. The number of carbonyl (C=O) groups excluding carboxylic acids is 1. The highest BCUT2D eigenvalue weighted by atomic mass is 32.2. The highest BCUT2D eigenvalue weighted by Crippen LogP contribution is 2.36. The van der Waals surface area contributed by atoms with Crippen molar-refractivity contribution in [3.63, 3.8) is 0 Å². The van der Waals surface area contributed by atoms with Crippen molar-refractivity contribution in [2.75, 3.05) is 12.4 Å². The molecule has 1 saturated carbocycles. The largest absolute Gasteiger partial charge is 0.484 e. The molecular weight excluding hydrogens is 363 g/mol. The molecule has 0 atom stereocenters. The van der Waals surface area contributed by atoms with Crippen molar-refractivity contribution in [2.24, 2.45) is 5.92 Å². The first kappa shape index (κ1) is 20.6. The van der Waals surface area contributed by atoms with Gasteiger partial charge in [0.15, 0.2) is 11.6 Å². The predicted molar refractivity (Wildman–Crippen MR) is 94.4 cm³/mol. The molecule has 8 heteroatoms. The van der Waals surface area contributed by atoms with Crippen LogP contribution >= 0.6 is 0 Å². The molecule has 1 aliphatic carbocycles. The topological polar surface area (TPSA) is 89.9 Å². The van der Waals surface area contributed by atoms with Gasteiger partial charge in [0.25, 0.3) is 10.1 Å². The molecule has 1 aromatic carbocycles. The standard InChI is InChI=1S/C18H25FO6S/c1-18(2,14-6-4-3-5-7-14)25-16-12-13(8-9-15(16)19)17(20)24-10-11-26(21,22)23/h8-9,12,14H,3-7,10-11H2,1-2H3,(H,21,22,23). The summed E-state index contributed by atoms with van der Waals surface area (Å²) in [7, 11) is -4.22. The van der Waals surface area contributed by atoms with Crippen LogP contribution in [0.4, 0.5) is 4.39 Å². The summed E-state index contributed by atoms with van der Waals surface area (Å²) < 4.78 is 54.8. The molecule has 146 valence electrons. The van der Waals surface area contributed by atoms with Gasteiger partial charge in [-0.1, -0.05) is 19.3 Å². The molecule has 0 unspecified atom stereocenters. The second-order valence-corrected chi connectivity index (χ2v) is 8.68. The Bertz CT molecular complexity index is 738. The molecule has 0 aromatic heterocycles. The zero-order chi connectivity index (χ0) is 19.4. The third-order valence-corrected chi connectivity index (χ3v) is 5.39. The summed E-state index contributed by atoms with van der Waals surface area (Å²) in [5.74, 6) is -1.82. The Labute approximate surface area is 153 Å². The van der Waals surface area contributed by atoms with Gasteiger partial charge in [-0.25, -0.2) is 9.18 Å². The molecule has 0 radical (unpaired) electrons. The average molecular weight is 388 g/mol. The third kappa shape index (κ3) is 5.95. The quantitative estimate of drug-likeness (QED) is 0.567. The van der Waals surface area contributed by atoms with Crippen LogP contribution in [-0.2, 0) is 14.9 Å². The Morgan fingerprint density at radius 1 is 1.27 bits per heavy atom. The zero-order valence-electron chi connectivity index (χ0n) is 15.0. The number of ether oxygens (including phenoxy) is 2. The van der Waals surface area contributed by atoms with Gasteiger partial charge in [0, 0.05) is 0 Å². The van der Waals surface area contributed by atoms with E-state index in [2.05, 4.69) is 0 Å². The number of esters is 1. The summed E-state index contributed by atoms with van der Waals surface area (Å²) in [4.78, 5) is 12.0. The Morgan fingerprint density at radius 3 is 2.54 bits per heavy atom. The first-order chi connectivity index (χ1) is 12.1. The summed E-state index contributed by atoms with van der Waals surface area (Å²) in [6, 6.07) is 3.62. The summed E-state index contributed by atoms with van der Waals surface area (Å²) >= 11 is 0. The van der Waals surface area contributed by atoms with Gasteiger partial charge in [-0.3, -0.25) is 4.55 Å². The number of carbonyl (C=O) groups is 1. The number of hydrogen-bond acceptors (Lipinski definition) is 5. The van der Waals surface area contributed by atoms with Gasteiger partial charge in [-0.2, -0.15) is 8.42 Å². The van der Waals surface area contributed by atoms with Crippen LogP contribution in [0.1, 0.15) is 56.3 Å². The normalized spacial score (nSPS) is 16.3. The maximum absolute atomic E-state index is 14.1. The van der Waals surface area contributed by atoms with E-state index in [9.17, 15) is 17.6 Å². The van der Waals surface area contributed by atoms with E-state index in [0.717, 1.165) is 31.7 Å². The molecular formula is C18H25FO6S. The SMILES string of the molecule is CC(C)(Oc1cc(C(=O)OCCS(=O)(=O)O)ccc1F)C1CCCCC1. The van der Waals surface area contributed by atoms with E-state index in [-0.39, 0.29) is 11.3 Å². The first-order valence-corrected chi connectivity index (χ1v) is 10.3.